The molecule has 164 valence electrons. The van der Waals surface area contributed by atoms with Crippen LogP contribution in [0.3, 0.4) is 0 Å². The molecule has 33 heavy (non-hydrogen) atoms. The van der Waals surface area contributed by atoms with E-state index in [-0.39, 0.29) is 11.7 Å². The molecule has 1 aliphatic rings. The Kier molecular flexibility index (Phi) is 5.44. The number of para-hydroxylation sites is 1. The van der Waals surface area contributed by atoms with Crippen LogP contribution >= 0.6 is 0 Å². The number of hydrogen-bond acceptors (Lipinski definition) is 4. The number of halogens is 1. The smallest absolute Gasteiger partial charge is 0.246 e. The van der Waals surface area contributed by atoms with Crippen LogP contribution in [0.2, 0.25) is 0 Å². The fourth-order valence-corrected chi connectivity index (χ4v) is 4.07. The van der Waals surface area contributed by atoms with Gasteiger partial charge in [-0.1, -0.05) is 24.8 Å². The predicted octanol–water partition coefficient (Wildman–Crippen LogP) is 5.02. The highest BCUT2D eigenvalue weighted by atomic mass is 19.1. The Hall–Kier alpha value is -4.26. The third kappa shape index (κ3) is 4.13. The second-order valence-corrected chi connectivity index (χ2v) is 7.79. The highest BCUT2D eigenvalue weighted by Gasteiger charge is 2.27. The molecule has 0 saturated heterocycles. The van der Waals surface area contributed by atoms with Crippen LogP contribution in [0.25, 0.3) is 22.4 Å². The van der Waals surface area contributed by atoms with E-state index in [4.69, 9.17) is 5.10 Å². The SMILES string of the molecule is C=CC(=O)N1CCn2nc(-c3ccc(F)cc3)c(-c3ccnc(Nc4ccccc4)c3)c2C1. The van der Waals surface area contributed by atoms with Crippen LogP contribution in [0.15, 0.2) is 85.6 Å². The zero-order chi connectivity index (χ0) is 22.8. The van der Waals surface area contributed by atoms with Gasteiger partial charge in [0.2, 0.25) is 5.91 Å². The van der Waals surface area contributed by atoms with Crippen molar-refractivity contribution in [2.75, 3.05) is 11.9 Å². The van der Waals surface area contributed by atoms with Crippen LogP contribution in [-0.2, 0) is 17.9 Å². The van der Waals surface area contributed by atoms with E-state index in [2.05, 4.69) is 16.9 Å². The first-order valence-electron chi connectivity index (χ1n) is 10.7. The van der Waals surface area contributed by atoms with E-state index in [9.17, 15) is 9.18 Å². The van der Waals surface area contributed by atoms with E-state index in [1.807, 2.05) is 47.1 Å². The summed E-state index contributed by atoms with van der Waals surface area (Å²) in [5.41, 5.74) is 5.23. The van der Waals surface area contributed by atoms with Gasteiger partial charge in [0.1, 0.15) is 17.3 Å². The van der Waals surface area contributed by atoms with Crippen LogP contribution in [-0.4, -0.2) is 32.1 Å². The van der Waals surface area contributed by atoms with E-state index in [0.29, 0.717) is 25.5 Å². The molecular weight excluding hydrogens is 417 g/mol. The number of amides is 1. The molecule has 6 nitrogen and oxygen atoms in total. The molecule has 2 aromatic carbocycles. The summed E-state index contributed by atoms with van der Waals surface area (Å²) in [5.74, 6) is 0.279. The number of aromatic nitrogens is 3. The van der Waals surface area contributed by atoms with Gasteiger partial charge in [-0.2, -0.15) is 5.10 Å². The fraction of sp³-hybridized carbons (Fsp3) is 0.115. The van der Waals surface area contributed by atoms with Gasteiger partial charge in [0.25, 0.3) is 0 Å². The number of nitrogens with zero attached hydrogens (tertiary/aromatic N) is 4. The predicted molar refractivity (Wildman–Crippen MR) is 126 cm³/mol. The van der Waals surface area contributed by atoms with Crippen molar-refractivity contribution >= 4 is 17.4 Å². The van der Waals surface area contributed by atoms with Gasteiger partial charge in [0.05, 0.1) is 18.8 Å². The Bertz CT molecular complexity index is 1310. The topological polar surface area (TPSA) is 63.1 Å². The highest BCUT2D eigenvalue weighted by Crippen LogP contribution is 2.37. The van der Waals surface area contributed by atoms with E-state index < -0.39 is 0 Å². The maximum atomic E-state index is 13.6. The van der Waals surface area contributed by atoms with Gasteiger partial charge >= 0.3 is 0 Å². The molecular formula is C26H22FN5O. The van der Waals surface area contributed by atoms with Gasteiger partial charge in [0, 0.05) is 29.6 Å². The second-order valence-electron chi connectivity index (χ2n) is 7.79. The molecule has 0 radical (unpaired) electrons. The van der Waals surface area contributed by atoms with Crippen molar-refractivity contribution in [3.8, 4) is 22.4 Å². The normalized spacial score (nSPS) is 12.8. The van der Waals surface area contributed by atoms with E-state index >= 15 is 0 Å². The molecule has 0 saturated carbocycles. The van der Waals surface area contributed by atoms with Crippen molar-refractivity contribution in [1.29, 1.82) is 0 Å². The lowest BCUT2D eigenvalue weighted by atomic mass is 9.98. The maximum Gasteiger partial charge on any atom is 0.246 e. The Morgan fingerprint density at radius 2 is 1.82 bits per heavy atom. The standard InChI is InChI=1S/C26H22FN5O/c1-2-24(33)31-14-15-32-22(17-31)25(26(30-32)18-8-10-20(27)11-9-18)19-12-13-28-23(16-19)29-21-6-4-3-5-7-21/h2-13,16H,1,14-15,17H2,(H,28,29). The largest absolute Gasteiger partial charge is 0.340 e. The fourth-order valence-electron chi connectivity index (χ4n) is 4.07. The minimum Gasteiger partial charge on any atom is -0.340 e. The minimum atomic E-state index is -0.301. The average Bonchev–Trinajstić information content (AvgIpc) is 3.23. The van der Waals surface area contributed by atoms with E-state index in [1.54, 1.807) is 23.2 Å². The molecule has 1 amide bonds. The van der Waals surface area contributed by atoms with Gasteiger partial charge in [-0.05, 0) is 60.2 Å². The molecule has 7 heteroatoms. The Morgan fingerprint density at radius 3 is 2.58 bits per heavy atom. The van der Waals surface area contributed by atoms with Gasteiger partial charge < -0.3 is 10.2 Å². The number of anilines is 2. The molecule has 0 bridgehead atoms. The molecule has 2 aromatic heterocycles. The molecule has 3 heterocycles. The molecule has 1 N–H and O–H groups in total. The Morgan fingerprint density at radius 1 is 1.03 bits per heavy atom. The van der Waals surface area contributed by atoms with Gasteiger partial charge in [-0.15, -0.1) is 0 Å². The summed E-state index contributed by atoms with van der Waals surface area (Å²) in [4.78, 5) is 18.5. The lowest BCUT2D eigenvalue weighted by molar-refractivity contribution is -0.127. The molecule has 0 spiro atoms. The minimum absolute atomic E-state index is 0.113. The van der Waals surface area contributed by atoms with Crippen molar-refractivity contribution in [2.45, 2.75) is 13.1 Å². The number of hydrogen-bond donors (Lipinski definition) is 1. The number of carbonyl (C=O) groups excluding carboxylic acids is 1. The quantitative estimate of drug-likeness (QED) is 0.444. The Balaban J connectivity index is 1.62. The second kappa shape index (κ2) is 8.70. The number of fused-ring (bicyclic) bond motifs is 1. The van der Waals surface area contributed by atoms with Crippen molar-refractivity contribution in [2.24, 2.45) is 0 Å². The van der Waals surface area contributed by atoms with Crippen molar-refractivity contribution < 1.29 is 9.18 Å². The molecule has 5 rings (SSSR count). The van der Waals surface area contributed by atoms with Crippen molar-refractivity contribution in [3.63, 3.8) is 0 Å². The first-order valence-corrected chi connectivity index (χ1v) is 10.7. The van der Waals surface area contributed by atoms with Crippen LogP contribution in [0.5, 0.6) is 0 Å². The highest BCUT2D eigenvalue weighted by molar-refractivity contribution is 5.88. The molecule has 0 fully saturated rings. The Labute approximate surface area is 191 Å². The first kappa shape index (κ1) is 20.6. The zero-order valence-electron chi connectivity index (χ0n) is 17.9. The van der Waals surface area contributed by atoms with Crippen LogP contribution in [0.4, 0.5) is 15.9 Å². The van der Waals surface area contributed by atoms with Gasteiger partial charge in [0.15, 0.2) is 0 Å². The summed E-state index contributed by atoms with van der Waals surface area (Å²) < 4.78 is 15.5. The van der Waals surface area contributed by atoms with Gasteiger partial charge in [-0.3, -0.25) is 9.48 Å². The molecule has 0 unspecified atom stereocenters. The third-order valence-corrected chi connectivity index (χ3v) is 5.68. The number of carbonyl (C=O) groups is 1. The summed E-state index contributed by atoms with van der Waals surface area (Å²) in [6, 6.07) is 20.0. The average molecular weight is 439 g/mol. The summed E-state index contributed by atoms with van der Waals surface area (Å²) in [6.07, 6.45) is 3.08. The lowest BCUT2D eigenvalue weighted by Crippen LogP contribution is -2.37. The summed E-state index contributed by atoms with van der Waals surface area (Å²) >= 11 is 0. The molecule has 4 aromatic rings. The van der Waals surface area contributed by atoms with Gasteiger partial charge in [-0.25, -0.2) is 9.37 Å². The van der Waals surface area contributed by atoms with Crippen LogP contribution < -0.4 is 5.32 Å². The number of pyridine rings is 1. The summed E-state index contributed by atoms with van der Waals surface area (Å²) in [6.45, 7) is 5.16. The number of nitrogens with one attached hydrogen (secondary N) is 1. The third-order valence-electron chi connectivity index (χ3n) is 5.68. The van der Waals surface area contributed by atoms with Crippen LogP contribution in [0.1, 0.15) is 5.69 Å². The monoisotopic (exact) mass is 439 g/mol. The summed E-state index contributed by atoms with van der Waals surface area (Å²) in [5, 5.41) is 8.17. The number of rotatable bonds is 5. The lowest BCUT2D eigenvalue weighted by Gasteiger charge is -2.27. The molecule has 1 aliphatic heterocycles. The first-order chi connectivity index (χ1) is 16.1. The number of benzene rings is 2. The molecule has 0 atom stereocenters. The van der Waals surface area contributed by atoms with Crippen molar-refractivity contribution in [1.82, 2.24) is 19.7 Å². The van der Waals surface area contributed by atoms with E-state index in [0.717, 1.165) is 33.8 Å². The maximum absolute atomic E-state index is 13.6. The van der Waals surface area contributed by atoms with Crippen molar-refractivity contribution in [3.05, 3.63) is 97.1 Å². The van der Waals surface area contributed by atoms with E-state index in [1.165, 1.54) is 18.2 Å². The van der Waals surface area contributed by atoms with Crippen LogP contribution in [0, 0.1) is 5.82 Å². The molecule has 0 aliphatic carbocycles. The summed E-state index contributed by atoms with van der Waals surface area (Å²) in [7, 11) is 0. The zero-order valence-corrected chi connectivity index (χ0v) is 17.9.